The summed E-state index contributed by atoms with van der Waals surface area (Å²) in [6.45, 7) is 5.23. The third-order valence-electron chi connectivity index (χ3n) is 5.13. The zero-order valence-electron chi connectivity index (χ0n) is 13.3. The van der Waals surface area contributed by atoms with Gasteiger partial charge in [0.2, 0.25) is 0 Å². The second-order valence-electron chi connectivity index (χ2n) is 6.35. The highest BCUT2D eigenvalue weighted by molar-refractivity contribution is 5.87. The number of aliphatic carboxylic acids is 1. The molecule has 0 spiro atoms. The van der Waals surface area contributed by atoms with Crippen molar-refractivity contribution in [3.8, 4) is 0 Å². The Morgan fingerprint density at radius 3 is 2.43 bits per heavy atom. The lowest BCUT2D eigenvalue weighted by atomic mass is 9.91. The lowest BCUT2D eigenvalue weighted by Gasteiger charge is -2.39. The summed E-state index contributed by atoms with van der Waals surface area (Å²) >= 11 is 0. The number of urea groups is 1. The van der Waals surface area contributed by atoms with E-state index in [1.54, 1.807) is 4.90 Å². The number of nitrogens with zero attached hydrogens (tertiary/aromatic N) is 2. The van der Waals surface area contributed by atoms with Crippen molar-refractivity contribution in [3.05, 3.63) is 0 Å². The summed E-state index contributed by atoms with van der Waals surface area (Å²) in [6, 6.07) is 0.244. The van der Waals surface area contributed by atoms with Crippen LogP contribution in [0.3, 0.4) is 0 Å². The molecule has 1 aliphatic carbocycles. The predicted octanol–water partition coefficient (Wildman–Crippen LogP) is 3.09. The van der Waals surface area contributed by atoms with Crippen molar-refractivity contribution in [1.29, 1.82) is 0 Å². The number of likely N-dealkylation sites (tertiary alicyclic amines) is 1. The fourth-order valence-electron chi connectivity index (χ4n) is 4.08. The summed E-state index contributed by atoms with van der Waals surface area (Å²) in [7, 11) is 0. The van der Waals surface area contributed by atoms with Gasteiger partial charge in [-0.25, -0.2) is 9.59 Å². The average Bonchev–Trinajstić information content (AvgIpc) is 3.09. The Hall–Kier alpha value is -1.26. The maximum atomic E-state index is 12.9. The molecule has 2 amide bonds. The van der Waals surface area contributed by atoms with Crippen molar-refractivity contribution in [3.63, 3.8) is 0 Å². The fourth-order valence-corrected chi connectivity index (χ4v) is 4.08. The van der Waals surface area contributed by atoms with Crippen LogP contribution in [0.2, 0.25) is 0 Å². The number of carbonyl (C=O) groups is 2. The number of carboxylic acids is 1. The molecule has 1 atom stereocenters. The van der Waals surface area contributed by atoms with Gasteiger partial charge in [-0.15, -0.1) is 0 Å². The van der Waals surface area contributed by atoms with E-state index in [0.717, 1.165) is 25.7 Å². The molecule has 2 fully saturated rings. The largest absolute Gasteiger partial charge is 0.479 e. The molecule has 120 valence electrons. The first-order chi connectivity index (χ1) is 10.1. The van der Waals surface area contributed by atoms with Gasteiger partial charge in [0.1, 0.15) is 5.54 Å². The van der Waals surface area contributed by atoms with Crippen LogP contribution in [-0.2, 0) is 4.79 Å². The summed E-state index contributed by atoms with van der Waals surface area (Å²) in [5.41, 5.74) is -0.974. The van der Waals surface area contributed by atoms with Crippen LogP contribution in [0, 0.1) is 0 Å². The highest BCUT2D eigenvalue weighted by Gasteiger charge is 2.50. The molecule has 0 bridgehead atoms. The SMILES string of the molecule is CCCC1(C(=O)O)CCCN1C(=O)N(CC)C1CCCC1. The van der Waals surface area contributed by atoms with Gasteiger partial charge < -0.3 is 14.9 Å². The number of carboxylic acid groups (broad SMARTS) is 1. The summed E-state index contributed by atoms with van der Waals surface area (Å²) in [4.78, 5) is 28.4. The molecule has 2 rings (SSSR count). The molecule has 1 saturated heterocycles. The zero-order chi connectivity index (χ0) is 15.5. The maximum absolute atomic E-state index is 12.9. The molecule has 5 heteroatoms. The van der Waals surface area contributed by atoms with Crippen LogP contribution in [0.1, 0.15) is 65.2 Å². The fraction of sp³-hybridized carbons (Fsp3) is 0.875. The lowest BCUT2D eigenvalue weighted by molar-refractivity contribution is -0.149. The zero-order valence-corrected chi connectivity index (χ0v) is 13.3. The van der Waals surface area contributed by atoms with Crippen LogP contribution in [-0.4, -0.2) is 51.6 Å². The van der Waals surface area contributed by atoms with Gasteiger partial charge in [-0.1, -0.05) is 26.2 Å². The van der Waals surface area contributed by atoms with Crippen molar-refractivity contribution in [2.24, 2.45) is 0 Å². The molecule has 0 aromatic heterocycles. The van der Waals surface area contributed by atoms with Crippen molar-refractivity contribution < 1.29 is 14.7 Å². The molecular weight excluding hydrogens is 268 g/mol. The summed E-state index contributed by atoms with van der Waals surface area (Å²) < 4.78 is 0. The van der Waals surface area contributed by atoms with E-state index in [9.17, 15) is 14.7 Å². The number of hydrogen-bond acceptors (Lipinski definition) is 2. The van der Waals surface area contributed by atoms with Gasteiger partial charge in [0.05, 0.1) is 0 Å². The molecule has 5 nitrogen and oxygen atoms in total. The molecule has 0 aromatic carbocycles. The van der Waals surface area contributed by atoms with Gasteiger partial charge in [0, 0.05) is 19.1 Å². The highest BCUT2D eigenvalue weighted by Crippen LogP contribution is 2.36. The van der Waals surface area contributed by atoms with Gasteiger partial charge in [0.15, 0.2) is 0 Å². The van der Waals surface area contributed by atoms with Crippen LogP contribution in [0.4, 0.5) is 4.79 Å². The maximum Gasteiger partial charge on any atom is 0.329 e. The van der Waals surface area contributed by atoms with E-state index in [-0.39, 0.29) is 6.03 Å². The number of carbonyl (C=O) groups excluding carboxylic acids is 1. The van der Waals surface area contributed by atoms with Gasteiger partial charge in [-0.3, -0.25) is 0 Å². The van der Waals surface area contributed by atoms with Crippen LogP contribution in [0.5, 0.6) is 0 Å². The summed E-state index contributed by atoms with van der Waals surface area (Å²) in [5, 5.41) is 9.72. The summed E-state index contributed by atoms with van der Waals surface area (Å²) in [5.74, 6) is -0.835. The molecule has 0 radical (unpaired) electrons. The predicted molar refractivity (Wildman–Crippen MR) is 81.2 cm³/mol. The van der Waals surface area contributed by atoms with Crippen molar-refractivity contribution in [2.75, 3.05) is 13.1 Å². The average molecular weight is 296 g/mol. The molecule has 2 aliphatic rings. The molecule has 1 unspecified atom stereocenters. The second kappa shape index (κ2) is 6.67. The van der Waals surface area contributed by atoms with E-state index in [2.05, 4.69) is 0 Å². The van der Waals surface area contributed by atoms with E-state index in [0.29, 0.717) is 32.0 Å². The molecule has 0 aromatic rings. The Kier molecular flexibility index (Phi) is 5.12. The standard InChI is InChI=1S/C16H28N2O3/c1-3-10-16(14(19)20)11-7-12-18(16)15(21)17(4-2)13-8-5-6-9-13/h13H,3-12H2,1-2H3,(H,19,20). The summed E-state index contributed by atoms with van der Waals surface area (Å²) in [6.07, 6.45) is 7.18. The Morgan fingerprint density at radius 1 is 1.24 bits per heavy atom. The Bertz CT molecular complexity index is 393. The van der Waals surface area contributed by atoms with E-state index in [4.69, 9.17) is 0 Å². The molecule has 1 aliphatic heterocycles. The van der Waals surface area contributed by atoms with Gasteiger partial charge >= 0.3 is 12.0 Å². The molecular formula is C16H28N2O3. The van der Waals surface area contributed by atoms with Gasteiger partial charge in [-0.05, 0) is 39.0 Å². The first-order valence-corrected chi connectivity index (χ1v) is 8.38. The van der Waals surface area contributed by atoms with Crippen LogP contribution >= 0.6 is 0 Å². The second-order valence-corrected chi connectivity index (χ2v) is 6.35. The first-order valence-electron chi connectivity index (χ1n) is 8.38. The minimum Gasteiger partial charge on any atom is -0.479 e. The van der Waals surface area contributed by atoms with Crippen LogP contribution in [0.15, 0.2) is 0 Å². The van der Waals surface area contributed by atoms with Gasteiger partial charge in [-0.2, -0.15) is 0 Å². The normalized spacial score (nSPS) is 26.3. The highest BCUT2D eigenvalue weighted by atomic mass is 16.4. The number of amides is 2. The van der Waals surface area contributed by atoms with Crippen molar-refractivity contribution in [1.82, 2.24) is 9.80 Å². The van der Waals surface area contributed by atoms with Crippen molar-refractivity contribution >= 4 is 12.0 Å². The minimum atomic E-state index is -0.974. The van der Waals surface area contributed by atoms with E-state index in [1.807, 2.05) is 18.7 Å². The molecule has 1 heterocycles. The number of rotatable bonds is 5. The Balaban J connectivity index is 2.20. The number of hydrogen-bond donors (Lipinski definition) is 1. The third-order valence-corrected chi connectivity index (χ3v) is 5.13. The van der Waals surface area contributed by atoms with E-state index in [1.165, 1.54) is 12.8 Å². The molecule has 1 N–H and O–H groups in total. The van der Waals surface area contributed by atoms with E-state index >= 15 is 0 Å². The van der Waals surface area contributed by atoms with Crippen LogP contribution < -0.4 is 0 Å². The lowest BCUT2D eigenvalue weighted by Crippen LogP contribution is -2.58. The van der Waals surface area contributed by atoms with E-state index < -0.39 is 11.5 Å². The molecule has 21 heavy (non-hydrogen) atoms. The quantitative estimate of drug-likeness (QED) is 0.848. The third kappa shape index (κ3) is 2.87. The Labute approximate surface area is 127 Å². The van der Waals surface area contributed by atoms with Crippen LogP contribution in [0.25, 0.3) is 0 Å². The molecule has 1 saturated carbocycles. The minimum absolute atomic E-state index is 0.0576. The van der Waals surface area contributed by atoms with Gasteiger partial charge in [0.25, 0.3) is 0 Å². The smallest absolute Gasteiger partial charge is 0.329 e. The first kappa shape index (κ1) is 16.1. The topological polar surface area (TPSA) is 60.9 Å². The Morgan fingerprint density at radius 2 is 1.90 bits per heavy atom. The van der Waals surface area contributed by atoms with Crippen molar-refractivity contribution in [2.45, 2.75) is 76.8 Å². The monoisotopic (exact) mass is 296 g/mol.